The van der Waals surface area contributed by atoms with E-state index in [9.17, 15) is 4.79 Å². The highest BCUT2D eigenvalue weighted by molar-refractivity contribution is 5.87. The van der Waals surface area contributed by atoms with Gasteiger partial charge in [-0.3, -0.25) is 0 Å². The highest BCUT2D eigenvalue weighted by atomic mass is 16.5. The Morgan fingerprint density at radius 3 is 2.48 bits per heavy atom. The standard InChI is InChI=1S/C19H24O2/c1-15(2)17(4)14-16(3)12-13-21-19(20)11-10-18-8-6-5-7-9-18/h5-11H,3,12-14H2,1-2,4H3/b11-10+. The summed E-state index contributed by atoms with van der Waals surface area (Å²) >= 11 is 0. The molecule has 1 aromatic carbocycles. The monoisotopic (exact) mass is 284 g/mol. The van der Waals surface area contributed by atoms with Gasteiger partial charge in [-0.15, -0.1) is 0 Å². The van der Waals surface area contributed by atoms with Crippen LogP contribution in [0.15, 0.2) is 59.7 Å². The van der Waals surface area contributed by atoms with E-state index in [0.717, 1.165) is 17.6 Å². The van der Waals surface area contributed by atoms with Gasteiger partial charge in [-0.2, -0.15) is 0 Å². The Morgan fingerprint density at radius 2 is 1.86 bits per heavy atom. The first-order valence-corrected chi connectivity index (χ1v) is 7.18. The van der Waals surface area contributed by atoms with Crippen molar-refractivity contribution in [2.45, 2.75) is 33.6 Å². The number of esters is 1. The summed E-state index contributed by atoms with van der Waals surface area (Å²) in [6, 6.07) is 9.68. The molecule has 0 unspecified atom stereocenters. The Labute approximate surface area is 127 Å². The smallest absolute Gasteiger partial charge is 0.330 e. The summed E-state index contributed by atoms with van der Waals surface area (Å²) in [5.41, 5.74) is 4.72. The third kappa shape index (κ3) is 7.31. The molecule has 0 heterocycles. The molecule has 0 atom stereocenters. The number of rotatable bonds is 7. The molecular weight excluding hydrogens is 260 g/mol. The molecule has 0 radical (unpaired) electrons. The van der Waals surface area contributed by atoms with Crippen molar-refractivity contribution in [2.75, 3.05) is 6.61 Å². The van der Waals surface area contributed by atoms with Gasteiger partial charge in [0.1, 0.15) is 0 Å². The van der Waals surface area contributed by atoms with Crippen LogP contribution >= 0.6 is 0 Å². The van der Waals surface area contributed by atoms with Gasteiger partial charge in [0.05, 0.1) is 6.61 Å². The molecule has 0 amide bonds. The summed E-state index contributed by atoms with van der Waals surface area (Å²) in [7, 11) is 0. The lowest BCUT2D eigenvalue weighted by Gasteiger charge is -2.08. The van der Waals surface area contributed by atoms with E-state index in [1.165, 1.54) is 17.2 Å². The number of hydrogen-bond donors (Lipinski definition) is 0. The van der Waals surface area contributed by atoms with Crippen LogP contribution in [0.1, 0.15) is 39.2 Å². The zero-order valence-corrected chi connectivity index (χ0v) is 13.2. The van der Waals surface area contributed by atoms with Crippen molar-refractivity contribution in [3.8, 4) is 0 Å². The molecule has 0 aliphatic rings. The number of allylic oxidation sites excluding steroid dienone is 2. The minimum absolute atomic E-state index is 0.314. The van der Waals surface area contributed by atoms with Gasteiger partial charge < -0.3 is 4.74 Å². The predicted octanol–water partition coefficient (Wildman–Crippen LogP) is 4.94. The van der Waals surface area contributed by atoms with Gasteiger partial charge in [0.2, 0.25) is 0 Å². The lowest BCUT2D eigenvalue weighted by Crippen LogP contribution is -2.03. The average molecular weight is 284 g/mol. The number of carbonyl (C=O) groups excluding carboxylic acids is 1. The fourth-order valence-electron chi connectivity index (χ4n) is 1.71. The van der Waals surface area contributed by atoms with Crippen LogP contribution in [0, 0.1) is 0 Å². The van der Waals surface area contributed by atoms with Crippen LogP contribution in [0.4, 0.5) is 0 Å². The quantitative estimate of drug-likeness (QED) is 0.403. The third-order valence-electron chi connectivity index (χ3n) is 3.28. The normalized spacial score (nSPS) is 10.4. The number of benzene rings is 1. The molecule has 2 heteroatoms. The molecule has 0 fully saturated rings. The minimum Gasteiger partial charge on any atom is -0.462 e. The molecule has 112 valence electrons. The average Bonchev–Trinajstić information content (AvgIpc) is 2.46. The van der Waals surface area contributed by atoms with Crippen molar-refractivity contribution in [2.24, 2.45) is 0 Å². The van der Waals surface area contributed by atoms with Crippen molar-refractivity contribution < 1.29 is 9.53 Å². The highest BCUT2D eigenvalue weighted by Gasteiger charge is 2.01. The van der Waals surface area contributed by atoms with E-state index in [1.807, 2.05) is 30.3 Å². The zero-order chi connectivity index (χ0) is 15.7. The first kappa shape index (κ1) is 17.0. The summed E-state index contributed by atoms with van der Waals surface area (Å²) in [6.07, 6.45) is 4.79. The molecule has 0 aliphatic heterocycles. The summed E-state index contributed by atoms with van der Waals surface area (Å²) in [5.74, 6) is -0.314. The summed E-state index contributed by atoms with van der Waals surface area (Å²) in [6.45, 7) is 10.7. The molecule has 2 nitrogen and oxygen atoms in total. The van der Waals surface area contributed by atoms with E-state index < -0.39 is 0 Å². The summed E-state index contributed by atoms with van der Waals surface area (Å²) in [5, 5.41) is 0. The maximum absolute atomic E-state index is 11.6. The van der Waals surface area contributed by atoms with E-state index in [-0.39, 0.29) is 5.97 Å². The SMILES string of the molecule is C=C(CCOC(=O)/C=C/c1ccccc1)CC(C)=C(C)C. The van der Waals surface area contributed by atoms with E-state index in [1.54, 1.807) is 6.08 Å². The number of hydrogen-bond acceptors (Lipinski definition) is 2. The zero-order valence-electron chi connectivity index (χ0n) is 13.2. The van der Waals surface area contributed by atoms with E-state index in [2.05, 4.69) is 27.4 Å². The van der Waals surface area contributed by atoms with Crippen molar-refractivity contribution in [3.63, 3.8) is 0 Å². The van der Waals surface area contributed by atoms with Crippen molar-refractivity contribution in [1.82, 2.24) is 0 Å². The van der Waals surface area contributed by atoms with Crippen LogP contribution in [0.3, 0.4) is 0 Å². The lowest BCUT2D eigenvalue weighted by atomic mass is 10.0. The second kappa shape index (κ2) is 8.96. The molecule has 0 saturated carbocycles. The maximum atomic E-state index is 11.6. The second-order valence-corrected chi connectivity index (χ2v) is 5.37. The topological polar surface area (TPSA) is 26.3 Å². The highest BCUT2D eigenvalue weighted by Crippen LogP contribution is 2.15. The molecule has 0 aromatic heterocycles. The van der Waals surface area contributed by atoms with Crippen LogP contribution in [0.2, 0.25) is 0 Å². The second-order valence-electron chi connectivity index (χ2n) is 5.37. The van der Waals surface area contributed by atoms with Crippen LogP contribution in [0.5, 0.6) is 0 Å². The van der Waals surface area contributed by atoms with Crippen LogP contribution in [0.25, 0.3) is 6.08 Å². The molecule has 0 spiro atoms. The van der Waals surface area contributed by atoms with Gasteiger partial charge in [-0.25, -0.2) is 4.79 Å². The predicted molar refractivity (Wildman–Crippen MR) is 88.9 cm³/mol. The fourth-order valence-corrected chi connectivity index (χ4v) is 1.71. The Bertz CT molecular complexity index is 532. The molecule has 21 heavy (non-hydrogen) atoms. The molecule has 0 N–H and O–H groups in total. The van der Waals surface area contributed by atoms with Gasteiger partial charge in [0.15, 0.2) is 0 Å². The summed E-state index contributed by atoms with van der Waals surface area (Å²) in [4.78, 5) is 11.6. The first-order valence-electron chi connectivity index (χ1n) is 7.18. The van der Waals surface area contributed by atoms with E-state index in [4.69, 9.17) is 4.74 Å². The van der Waals surface area contributed by atoms with Gasteiger partial charge in [0.25, 0.3) is 0 Å². The van der Waals surface area contributed by atoms with Crippen molar-refractivity contribution in [3.05, 3.63) is 65.3 Å². The number of carbonyl (C=O) groups is 1. The first-order chi connectivity index (χ1) is 9.99. The largest absolute Gasteiger partial charge is 0.462 e. The number of ether oxygens (including phenoxy) is 1. The van der Waals surface area contributed by atoms with E-state index >= 15 is 0 Å². The third-order valence-corrected chi connectivity index (χ3v) is 3.28. The van der Waals surface area contributed by atoms with Gasteiger partial charge in [-0.05, 0) is 38.8 Å². The van der Waals surface area contributed by atoms with Crippen molar-refractivity contribution in [1.29, 1.82) is 0 Å². The fraction of sp³-hybridized carbons (Fsp3) is 0.316. The van der Waals surface area contributed by atoms with Gasteiger partial charge >= 0.3 is 5.97 Å². The molecule has 0 aliphatic carbocycles. The molecule has 1 rings (SSSR count). The molecular formula is C19H24O2. The van der Waals surface area contributed by atoms with E-state index in [0.29, 0.717) is 13.0 Å². The van der Waals surface area contributed by atoms with Gasteiger partial charge in [0, 0.05) is 12.5 Å². The van der Waals surface area contributed by atoms with Gasteiger partial charge in [-0.1, -0.05) is 53.6 Å². The molecule has 0 bridgehead atoms. The molecule has 0 saturated heterocycles. The Balaban J connectivity index is 2.29. The van der Waals surface area contributed by atoms with Crippen LogP contribution < -0.4 is 0 Å². The Morgan fingerprint density at radius 1 is 1.19 bits per heavy atom. The lowest BCUT2D eigenvalue weighted by molar-refractivity contribution is -0.137. The van der Waals surface area contributed by atoms with Crippen molar-refractivity contribution >= 4 is 12.0 Å². The minimum atomic E-state index is -0.314. The van der Waals surface area contributed by atoms with Crippen LogP contribution in [-0.2, 0) is 9.53 Å². The summed E-state index contributed by atoms with van der Waals surface area (Å²) < 4.78 is 5.17. The molecule has 1 aromatic rings. The maximum Gasteiger partial charge on any atom is 0.330 e. The Kier molecular flexibility index (Phi) is 7.24. The van der Waals surface area contributed by atoms with Crippen LogP contribution in [-0.4, -0.2) is 12.6 Å². The Hall–Kier alpha value is -2.09.